The third-order valence-electron chi connectivity index (χ3n) is 6.51. The summed E-state index contributed by atoms with van der Waals surface area (Å²) < 4.78 is 11.7. The molecule has 0 radical (unpaired) electrons. The molecule has 3 aliphatic rings. The number of ether oxygens (including phenoxy) is 2. The third kappa shape index (κ3) is 3.74. The van der Waals surface area contributed by atoms with Crippen LogP contribution in [0.4, 0.5) is 9.93 Å². The zero-order chi connectivity index (χ0) is 19.2. The smallest absolute Gasteiger partial charge is 0.323 e. The Kier molecular flexibility index (Phi) is 4.97. The molecule has 6 nitrogen and oxygen atoms in total. The first-order valence-electron chi connectivity index (χ1n) is 10.1. The topological polar surface area (TPSA) is 63.7 Å². The highest BCUT2D eigenvalue weighted by atomic mass is 32.1. The molecular formula is C20H31N3O3S. The number of carbonyl (C=O) groups is 1. The number of nitrogens with zero attached hydrogens (tertiary/aromatic N) is 2. The summed E-state index contributed by atoms with van der Waals surface area (Å²) >= 11 is 1.65. The van der Waals surface area contributed by atoms with E-state index in [-0.39, 0.29) is 17.7 Å². The number of thiazole rings is 1. The van der Waals surface area contributed by atoms with E-state index in [1.165, 1.54) is 17.0 Å². The fourth-order valence-corrected chi connectivity index (χ4v) is 5.56. The molecule has 0 bridgehead atoms. The van der Waals surface area contributed by atoms with Crippen LogP contribution in [0.5, 0.6) is 0 Å². The molecule has 1 aromatic rings. The average molecular weight is 394 g/mol. The van der Waals surface area contributed by atoms with Crippen molar-refractivity contribution in [3.05, 3.63) is 10.6 Å². The van der Waals surface area contributed by atoms with E-state index in [0.717, 1.165) is 24.4 Å². The number of carbonyl (C=O) groups excluding carboxylic acids is 1. The van der Waals surface area contributed by atoms with Gasteiger partial charge in [0.2, 0.25) is 0 Å². The highest BCUT2D eigenvalue weighted by Crippen LogP contribution is 2.40. The molecule has 150 valence electrons. The lowest BCUT2D eigenvalue weighted by Crippen LogP contribution is -2.57. The predicted molar refractivity (Wildman–Crippen MR) is 106 cm³/mol. The highest BCUT2D eigenvalue weighted by Gasteiger charge is 2.47. The minimum absolute atomic E-state index is 0.0228. The number of hydrogen-bond acceptors (Lipinski definition) is 5. The molecule has 0 aromatic carbocycles. The van der Waals surface area contributed by atoms with Crippen molar-refractivity contribution in [2.24, 2.45) is 11.3 Å². The van der Waals surface area contributed by atoms with Gasteiger partial charge in [-0.3, -0.25) is 5.32 Å². The molecule has 3 atom stereocenters. The van der Waals surface area contributed by atoms with Gasteiger partial charge in [-0.05, 0) is 37.5 Å². The van der Waals surface area contributed by atoms with Crippen LogP contribution in [0.15, 0.2) is 0 Å². The first-order chi connectivity index (χ1) is 12.8. The number of amides is 2. The Bertz CT molecular complexity index is 714. The van der Waals surface area contributed by atoms with Crippen LogP contribution < -0.4 is 5.32 Å². The number of aromatic nitrogens is 1. The minimum atomic E-state index is -0.350. The second kappa shape index (κ2) is 7.01. The Morgan fingerprint density at radius 3 is 2.89 bits per heavy atom. The van der Waals surface area contributed by atoms with Crippen LogP contribution in [0.3, 0.4) is 0 Å². The first kappa shape index (κ1) is 19.2. The Labute approximate surface area is 165 Å². The summed E-state index contributed by atoms with van der Waals surface area (Å²) in [6.07, 6.45) is 4.13. The van der Waals surface area contributed by atoms with Crippen molar-refractivity contribution in [3.63, 3.8) is 0 Å². The van der Waals surface area contributed by atoms with E-state index in [1.807, 2.05) is 11.8 Å². The van der Waals surface area contributed by atoms with Gasteiger partial charge in [-0.15, -0.1) is 11.3 Å². The number of nitrogens with one attached hydrogen (secondary N) is 1. The third-order valence-corrected chi connectivity index (χ3v) is 7.54. The van der Waals surface area contributed by atoms with Gasteiger partial charge in [-0.2, -0.15) is 0 Å². The number of fused-ring (bicyclic) bond motifs is 1. The quantitative estimate of drug-likeness (QED) is 0.790. The van der Waals surface area contributed by atoms with Gasteiger partial charge in [0.05, 0.1) is 24.9 Å². The Balaban J connectivity index is 1.41. The summed E-state index contributed by atoms with van der Waals surface area (Å²) in [5, 5.41) is 3.77. The molecular weight excluding hydrogens is 362 g/mol. The van der Waals surface area contributed by atoms with Gasteiger partial charge in [0, 0.05) is 24.4 Å². The fraction of sp³-hybridized carbons (Fsp3) is 0.800. The summed E-state index contributed by atoms with van der Waals surface area (Å²) in [7, 11) is 0. The molecule has 1 aliphatic carbocycles. The summed E-state index contributed by atoms with van der Waals surface area (Å²) in [6, 6.07) is -0.0738. The number of anilines is 1. The molecule has 2 aliphatic heterocycles. The van der Waals surface area contributed by atoms with Crippen LogP contribution in [0.25, 0.3) is 0 Å². The van der Waals surface area contributed by atoms with Crippen molar-refractivity contribution in [1.82, 2.24) is 9.88 Å². The van der Waals surface area contributed by atoms with Crippen LogP contribution in [0, 0.1) is 11.3 Å². The van der Waals surface area contributed by atoms with E-state index >= 15 is 0 Å². The largest absolute Gasteiger partial charge is 0.375 e. The van der Waals surface area contributed by atoms with Gasteiger partial charge < -0.3 is 14.4 Å². The van der Waals surface area contributed by atoms with Gasteiger partial charge in [0.15, 0.2) is 5.13 Å². The zero-order valence-corrected chi connectivity index (χ0v) is 17.7. The second-order valence-electron chi connectivity index (χ2n) is 9.22. The maximum atomic E-state index is 12.8. The molecule has 1 aromatic heterocycles. The minimum Gasteiger partial charge on any atom is -0.375 e. The van der Waals surface area contributed by atoms with E-state index in [4.69, 9.17) is 14.5 Å². The molecule has 0 saturated carbocycles. The zero-order valence-electron chi connectivity index (χ0n) is 16.8. The van der Waals surface area contributed by atoms with Crippen molar-refractivity contribution >= 4 is 22.5 Å². The standard InChI is InChI=1S/C20H31N3O3S/c1-13-20(7-9-25-13)12-23(8-10-26-20)18(24)22-17-21-15-6-5-14(19(2,3)4)11-16(15)27-17/h13-14H,5-12H2,1-4H3,(H,21,22,24). The van der Waals surface area contributed by atoms with Crippen molar-refractivity contribution < 1.29 is 14.3 Å². The number of aryl methyl sites for hydroxylation is 1. The molecule has 2 amide bonds. The van der Waals surface area contributed by atoms with Crippen molar-refractivity contribution in [3.8, 4) is 0 Å². The predicted octanol–water partition coefficient (Wildman–Crippen LogP) is 3.71. The van der Waals surface area contributed by atoms with Gasteiger partial charge >= 0.3 is 6.03 Å². The lowest BCUT2D eigenvalue weighted by atomic mass is 9.73. The van der Waals surface area contributed by atoms with Crippen LogP contribution in [0.1, 0.15) is 51.1 Å². The molecule has 3 unspecified atom stereocenters. The molecule has 1 spiro atoms. The first-order valence-corrected chi connectivity index (χ1v) is 10.9. The average Bonchev–Trinajstić information content (AvgIpc) is 3.17. The van der Waals surface area contributed by atoms with Gasteiger partial charge in [0.1, 0.15) is 5.60 Å². The normalized spacial score (nSPS) is 31.2. The summed E-state index contributed by atoms with van der Waals surface area (Å²) in [5.41, 5.74) is 1.14. The van der Waals surface area contributed by atoms with Gasteiger partial charge in [0.25, 0.3) is 0 Å². The van der Waals surface area contributed by atoms with Crippen molar-refractivity contribution in [2.75, 3.05) is 31.6 Å². The molecule has 27 heavy (non-hydrogen) atoms. The second-order valence-corrected chi connectivity index (χ2v) is 10.3. The Hall–Kier alpha value is -1.18. The monoisotopic (exact) mass is 393 g/mol. The van der Waals surface area contributed by atoms with Crippen molar-refractivity contribution in [1.29, 1.82) is 0 Å². The van der Waals surface area contributed by atoms with Crippen LogP contribution in [-0.4, -0.2) is 53.9 Å². The summed E-state index contributed by atoms with van der Waals surface area (Å²) in [5.74, 6) is 0.678. The number of rotatable bonds is 1. The van der Waals surface area contributed by atoms with E-state index in [9.17, 15) is 4.79 Å². The molecule has 4 rings (SSSR count). The van der Waals surface area contributed by atoms with Crippen LogP contribution >= 0.6 is 11.3 Å². The van der Waals surface area contributed by atoms with Crippen LogP contribution in [0.2, 0.25) is 0 Å². The Morgan fingerprint density at radius 1 is 1.37 bits per heavy atom. The van der Waals surface area contributed by atoms with E-state index < -0.39 is 0 Å². The highest BCUT2D eigenvalue weighted by molar-refractivity contribution is 7.15. The lowest BCUT2D eigenvalue weighted by Gasteiger charge is -2.41. The molecule has 2 fully saturated rings. The molecule has 2 saturated heterocycles. The summed E-state index contributed by atoms with van der Waals surface area (Å²) in [4.78, 5) is 20.7. The number of hydrogen-bond donors (Lipinski definition) is 1. The van der Waals surface area contributed by atoms with E-state index in [1.54, 1.807) is 11.3 Å². The maximum Gasteiger partial charge on any atom is 0.323 e. The van der Waals surface area contributed by atoms with E-state index in [2.05, 4.69) is 26.1 Å². The van der Waals surface area contributed by atoms with Crippen LogP contribution in [-0.2, 0) is 22.3 Å². The van der Waals surface area contributed by atoms with Gasteiger partial charge in [-0.25, -0.2) is 9.78 Å². The maximum absolute atomic E-state index is 12.8. The molecule has 3 heterocycles. The Morgan fingerprint density at radius 2 is 2.19 bits per heavy atom. The number of morpholine rings is 1. The molecule has 7 heteroatoms. The molecule has 1 N–H and O–H groups in total. The number of urea groups is 1. The fourth-order valence-electron chi connectivity index (χ4n) is 4.48. The van der Waals surface area contributed by atoms with Gasteiger partial charge in [-0.1, -0.05) is 20.8 Å². The SMILES string of the molecule is CC1OCCC12CN(C(=O)Nc1nc3c(s1)CC(C(C)(C)C)CC3)CCO2. The summed E-state index contributed by atoms with van der Waals surface area (Å²) in [6.45, 7) is 11.4. The van der Waals surface area contributed by atoms with Crippen molar-refractivity contribution in [2.45, 2.75) is 65.1 Å². The lowest BCUT2D eigenvalue weighted by molar-refractivity contribution is -0.124. The van der Waals surface area contributed by atoms with E-state index in [0.29, 0.717) is 37.6 Å².